The highest BCUT2D eigenvalue weighted by molar-refractivity contribution is 5.81. The summed E-state index contributed by atoms with van der Waals surface area (Å²) in [6.45, 7) is 4.16. The normalized spacial score (nSPS) is 24.6. The zero-order valence-corrected chi connectivity index (χ0v) is 7.64. The quantitative estimate of drug-likeness (QED) is 0.650. The van der Waals surface area contributed by atoms with E-state index in [1.807, 2.05) is 0 Å². The number of nitrogens with zero attached hydrogens (tertiary/aromatic N) is 1. The van der Waals surface area contributed by atoms with Gasteiger partial charge in [-0.25, -0.2) is 0 Å². The van der Waals surface area contributed by atoms with Gasteiger partial charge >= 0.3 is 0 Å². The predicted molar refractivity (Wildman–Crippen MR) is 50.2 cm³/mol. The molecule has 0 saturated heterocycles. The summed E-state index contributed by atoms with van der Waals surface area (Å²) in [5, 5.41) is 6.61. The minimum atomic E-state index is 0.585. The van der Waals surface area contributed by atoms with Gasteiger partial charge in [0.15, 0.2) is 5.96 Å². The van der Waals surface area contributed by atoms with Crippen molar-refractivity contribution in [1.82, 2.24) is 10.6 Å². The maximum atomic E-state index is 4.30. The maximum absolute atomic E-state index is 4.30. The Morgan fingerprint density at radius 3 is 3.08 bits per heavy atom. The van der Waals surface area contributed by atoms with E-state index in [1.165, 1.54) is 19.3 Å². The van der Waals surface area contributed by atoms with Crippen LogP contribution >= 0.6 is 0 Å². The SMILES string of the molecule is CC(CC1CC1)NC1=NCCN1. The molecule has 0 aromatic heterocycles. The molecule has 2 aliphatic rings. The van der Waals surface area contributed by atoms with Crippen LogP contribution in [0.3, 0.4) is 0 Å². The van der Waals surface area contributed by atoms with Crippen LogP contribution in [0.25, 0.3) is 0 Å². The second kappa shape index (κ2) is 3.33. The lowest BCUT2D eigenvalue weighted by molar-refractivity contribution is 0.558. The zero-order valence-electron chi connectivity index (χ0n) is 7.64. The summed E-state index contributed by atoms with van der Waals surface area (Å²) >= 11 is 0. The van der Waals surface area contributed by atoms with Crippen molar-refractivity contribution in [2.75, 3.05) is 13.1 Å². The first-order valence-electron chi connectivity index (χ1n) is 4.89. The molecule has 12 heavy (non-hydrogen) atoms. The van der Waals surface area contributed by atoms with Crippen molar-refractivity contribution in [2.24, 2.45) is 10.9 Å². The van der Waals surface area contributed by atoms with Gasteiger partial charge in [-0.05, 0) is 19.3 Å². The summed E-state index contributed by atoms with van der Waals surface area (Å²) in [5.41, 5.74) is 0. The highest BCUT2D eigenvalue weighted by atomic mass is 15.2. The molecule has 2 rings (SSSR count). The lowest BCUT2D eigenvalue weighted by Crippen LogP contribution is -2.39. The third-order valence-corrected chi connectivity index (χ3v) is 2.44. The smallest absolute Gasteiger partial charge is 0.191 e. The largest absolute Gasteiger partial charge is 0.355 e. The van der Waals surface area contributed by atoms with Gasteiger partial charge < -0.3 is 10.6 Å². The molecular formula is C9H17N3. The molecule has 1 aliphatic carbocycles. The van der Waals surface area contributed by atoms with Gasteiger partial charge in [0.25, 0.3) is 0 Å². The number of rotatable bonds is 3. The van der Waals surface area contributed by atoms with Crippen LogP contribution in [0.5, 0.6) is 0 Å². The van der Waals surface area contributed by atoms with Crippen LogP contribution in [0.15, 0.2) is 4.99 Å². The van der Waals surface area contributed by atoms with Gasteiger partial charge in [0, 0.05) is 12.6 Å². The standard InChI is InChI=1S/C9H17N3/c1-7(6-8-2-3-8)12-9-10-4-5-11-9/h7-8H,2-6H2,1H3,(H2,10,11,12). The molecule has 0 radical (unpaired) electrons. The second-order valence-corrected chi connectivity index (χ2v) is 3.88. The molecule has 0 spiro atoms. The second-order valence-electron chi connectivity index (χ2n) is 3.88. The Hall–Kier alpha value is -0.730. The molecule has 68 valence electrons. The van der Waals surface area contributed by atoms with Crippen LogP contribution < -0.4 is 10.6 Å². The number of hydrogen-bond acceptors (Lipinski definition) is 3. The van der Waals surface area contributed by atoms with E-state index in [1.54, 1.807) is 0 Å². The van der Waals surface area contributed by atoms with Gasteiger partial charge in [0.05, 0.1) is 6.54 Å². The summed E-state index contributed by atoms with van der Waals surface area (Å²) in [4.78, 5) is 4.30. The van der Waals surface area contributed by atoms with Crippen molar-refractivity contribution in [1.29, 1.82) is 0 Å². The van der Waals surface area contributed by atoms with Crippen molar-refractivity contribution in [2.45, 2.75) is 32.2 Å². The molecule has 3 heteroatoms. The van der Waals surface area contributed by atoms with Crippen molar-refractivity contribution in [3.8, 4) is 0 Å². The third kappa shape index (κ3) is 2.13. The molecule has 0 amide bonds. The number of nitrogens with one attached hydrogen (secondary N) is 2. The fraction of sp³-hybridized carbons (Fsp3) is 0.889. The van der Waals surface area contributed by atoms with Gasteiger partial charge in [0.1, 0.15) is 0 Å². The van der Waals surface area contributed by atoms with Crippen molar-refractivity contribution in [3.05, 3.63) is 0 Å². The molecule has 3 nitrogen and oxygen atoms in total. The summed E-state index contributed by atoms with van der Waals surface area (Å²) in [5.74, 6) is 2.00. The number of guanidine groups is 1. The van der Waals surface area contributed by atoms with E-state index in [9.17, 15) is 0 Å². The number of hydrogen-bond donors (Lipinski definition) is 2. The first-order valence-corrected chi connectivity index (χ1v) is 4.89. The Balaban J connectivity index is 1.69. The van der Waals surface area contributed by atoms with E-state index < -0.39 is 0 Å². The van der Waals surface area contributed by atoms with Gasteiger partial charge in [-0.15, -0.1) is 0 Å². The maximum Gasteiger partial charge on any atom is 0.191 e. The highest BCUT2D eigenvalue weighted by Gasteiger charge is 2.23. The Bertz CT molecular complexity index is 184. The van der Waals surface area contributed by atoms with Gasteiger partial charge in [0.2, 0.25) is 0 Å². The molecule has 0 bridgehead atoms. The van der Waals surface area contributed by atoms with Crippen molar-refractivity contribution in [3.63, 3.8) is 0 Å². The van der Waals surface area contributed by atoms with Crippen LogP contribution in [0.4, 0.5) is 0 Å². The van der Waals surface area contributed by atoms with E-state index in [2.05, 4.69) is 22.5 Å². The molecule has 0 aromatic carbocycles. The van der Waals surface area contributed by atoms with Crippen LogP contribution in [-0.4, -0.2) is 25.1 Å². The van der Waals surface area contributed by atoms with Gasteiger partial charge in [-0.2, -0.15) is 0 Å². The Morgan fingerprint density at radius 2 is 2.50 bits per heavy atom. The minimum absolute atomic E-state index is 0.585. The summed E-state index contributed by atoms with van der Waals surface area (Å²) in [6.07, 6.45) is 4.18. The third-order valence-electron chi connectivity index (χ3n) is 2.44. The topological polar surface area (TPSA) is 36.4 Å². The van der Waals surface area contributed by atoms with Crippen LogP contribution in [0.1, 0.15) is 26.2 Å². The molecule has 2 N–H and O–H groups in total. The lowest BCUT2D eigenvalue weighted by Gasteiger charge is -2.14. The average Bonchev–Trinajstić information content (AvgIpc) is 2.66. The summed E-state index contributed by atoms with van der Waals surface area (Å²) < 4.78 is 0. The molecule has 1 aliphatic heterocycles. The average molecular weight is 167 g/mol. The van der Waals surface area contributed by atoms with Gasteiger partial charge in [-0.3, -0.25) is 4.99 Å². The molecule has 1 atom stereocenters. The fourth-order valence-corrected chi connectivity index (χ4v) is 1.64. The first-order chi connectivity index (χ1) is 5.84. The lowest BCUT2D eigenvalue weighted by atomic mass is 10.2. The number of aliphatic imine (C=N–C) groups is 1. The molecule has 1 fully saturated rings. The summed E-state index contributed by atoms with van der Waals surface area (Å²) in [6, 6.07) is 0.585. The van der Waals surface area contributed by atoms with Crippen LogP contribution in [0, 0.1) is 5.92 Å². The van der Waals surface area contributed by atoms with E-state index in [-0.39, 0.29) is 0 Å². The molecule has 1 saturated carbocycles. The molecular weight excluding hydrogens is 150 g/mol. The summed E-state index contributed by atoms with van der Waals surface area (Å²) in [7, 11) is 0. The predicted octanol–water partition coefficient (Wildman–Crippen LogP) is 0.724. The minimum Gasteiger partial charge on any atom is -0.355 e. The van der Waals surface area contributed by atoms with E-state index in [4.69, 9.17) is 0 Å². The van der Waals surface area contributed by atoms with Crippen molar-refractivity contribution < 1.29 is 0 Å². The monoisotopic (exact) mass is 167 g/mol. The van der Waals surface area contributed by atoms with Crippen LogP contribution in [0.2, 0.25) is 0 Å². The Kier molecular flexibility index (Phi) is 2.19. The van der Waals surface area contributed by atoms with E-state index >= 15 is 0 Å². The highest BCUT2D eigenvalue weighted by Crippen LogP contribution is 2.33. The van der Waals surface area contributed by atoms with E-state index in [0.29, 0.717) is 6.04 Å². The molecule has 1 heterocycles. The molecule has 0 aromatic rings. The Morgan fingerprint density at radius 1 is 1.67 bits per heavy atom. The molecule has 1 unspecified atom stereocenters. The Labute approximate surface area is 73.6 Å². The van der Waals surface area contributed by atoms with Crippen LogP contribution in [-0.2, 0) is 0 Å². The van der Waals surface area contributed by atoms with E-state index in [0.717, 1.165) is 25.0 Å². The van der Waals surface area contributed by atoms with Crippen molar-refractivity contribution >= 4 is 5.96 Å². The van der Waals surface area contributed by atoms with Gasteiger partial charge in [-0.1, -0.05) is 12.8 Å². The zero-order chi connectivity index (χ0) is 8.39. The first kappa shape index (κ1) is 7.90. The fourth-order valence-electron chi connectivity index (χ4n) is 1.64.